The van der Waals surface area contributed by atoms with Crippen molar-refractivity contribution < 1.29 is 13.9 Å². The van der Waals surface area contributed by atoms with Crippen molar-refractivity contribution in [2.75, 3.05) is 12.0 Å². The summed E-state index contributed by atoms with van der Waals surface area (Å²) in [6, 6.07) is 15.6. The van der Waals surface area contributed by atoms with Crippen molar-refractivity contribution in [1.82, 2.24) is 4.98 Å². The number of furan rings is 1. The highest BCUT2D eigenvalue weighted by Gasteiger charge is 2.23. The molecule has 6 heteroatoms. The summed E-state index contributed by atoms with van der Waals surface area (Å²) in [7, 11) is 1.62. The molecule has 29 heavy (non-hydrogen) atoms. The van der Waals surface area contributed by atoms with Crippen LogP contribution in [0.1, 0.15) is 22.5 Å². The Morgan fingerprint density at radius 3 is 2.76 bits per heavy atom. The quantitative estimate of drug-likeness (QED) is 0.436. The smallest absolute Gasteiger partial charge is 0.233 e. The number of carbonyl (C=O) groups is 1. The van der Waals surface area contributed by atoms with Gasteiger partial charge >= 0.3 is 0 Å². The summed E-state index contributed by atoms with van der Waals surface area (Å²) in [4.78, 5) is 19.7. The number of amides is 1. The van der Waals surface area contributed by atoms with Gasteiger partial charge in [0.25, 0.3) is 0 Å². The molecule has 2 heterocycles. The van der Waals surface area contributed by atoms with E-state index in [0.29, 0.717) is 29.6 Å². The topological polar surface area (TPSA) is 55.6 Å². The number of rotatable bonds is 6. The maximum Gasteiger partial charge on any atom is 0.233 e. The minimum atomic E-state index is -0.0219. The van der Waals surface area contributed by atoms with Crippen molar-refractivity contribution in [3.05, 3.63) is 77.2 Å². The molecule has 0 aliphatic carbocycles. The van der Waals surface area contributed by atoms with Crippen LogP contribution in [0.5, 0.6) is 5.75 Å². The molecular formula is C23H22N2O3S. The minimum absolute atomic E-state index is 0.0219. The molecule has 0 radical (unpaired) electrons. The first-order valence-electron chi connectivity index (χ1n) is 9.37. The Bertz CT molecular complexity index is 1150. The van der Waals surface area contributed by atoms with E-state index in [2.05, 4.69) is 13.0 Å². The molecule has 0 bridgehead atoms. The van der Waals surface area contributed by atoms with E-state index >= 15 is 0 Å². The van der Waals surface area contributed by atoms with Crippen molar-refractivity contribution in [1.29, 1.82) is 0 Å². The van der Waals surface area contributed by atoms with E-state index in [9.17, 15) is 4.79 Å². The average Bonchev–Trinajstić information content (AvgIpc) is 3.37. The maximum absolute atomic E-state index is 13.3. The van der Waals surface area contributed by atoms with E-state index in [-0.39, 0.29) is 5.91 Å². The Morgan fingerprint density at radius 2 is 2.03 bits per heavy atom. The summed E-state index contributed by atoms with van der Waals surface area (Å²) >= 11 is 1.47. The molecule has 1 amide bonds. The van der Waals surface area contributed by atoms with Gasteiger partial charge in [0.2, 0.25) is 5.91 Å². The van der Waals surface area contributed by atoms with Crippen molar-refractivity contribution >= 4 is 32.6 Å². The lowest BCUT2D eigenvalue weighted by Crippen LogP contribution is -2.31. The first-order valence-corrected chi connectivity index (χ1v) is 10.2. The fourth-order valence-corrected chi connectivity index (χ4v) is 4.31. The van der Waals surface area contributed by atoms with Gasteiger partial charge in [-0.25, -0.2) is 4.98 Å². The molecule has 0 fully saturated rings. The Balaban J connectivity index is 1.70. The molecule has 0 atom stereocenters. The minimum Gasteiger partial charge on any atom is -0.494 e. The third kappa shape index (κ3) is 4.03. The Morgan fingerprint density at radius 1 is 1.17 bits per heavy atom. The Hall–Kier alpha value is -3.12. The van der Waals surface area contributed by atoms with E-state index < -0.39 is 0 Å². The predicted octanol–water partition coefficient (Wildman–Crippen LogP) is 5.29. The fraction of sp³-hybridized carbons (Fsp3) is 0.217. The number of benzene rings is 2. The lowest BCUT2D eigenvalue weighted by molar-refractivity contribution is -0.118. The molecule has 0 N–H and O–H groups in total. The van der Waals surface area contributed by atoms with Crippen LogP contribution in [-0.2, 0) is 17.8 Å². The second-order valence-corrected chi connectivity index (χ2v) is 7.98. The molecule has 0 aliphatic heterocycles. The monoisotopic (exact) mass is 406 g/mol. The number of aryl methyl sites for hydroxylation is 2. The van der Waals surface area contributed by atoms with Crippen LogP contribution in [0, 0.1) is 13.8 Å². The molecule has 148 valence electrons. The van der Waals surface area contributed by atoms with E-state index in [1.54, 1.807) is 18.3 Å². The third-order valence-electron chi connectivity index (χ3n) is 4.86. The van der Waals surface area contributed by atoms with Crippen LogP contribution < -0.4 is 9.64 Å². The average molecular weight is 407 g/mol. The van der Waals surface area contributed by atoms with Crippen LogP contribution in [0.2, 0.25) is 0 Å². The lowest BCUT2D eigenvalue weighted by Gasteiger charge is -2.19. The van der Waals surface area contributed by atoms with Crippen LogP contribution in [0.25, 0.3) is 10.2 Å². The van der Waals surface area contributed by atoms with Gasteiger partial charge in [-0.3, -0.25) is 9.69 Å². The van der Waals surface area contributed by atoms with E-state index in [1.807, 2.05) is 49.4 Å². The zero-order chi connectivity index (χ0) is 20.4. The van der Waals surface area contributed by atoms with Gasteiger partial charge in [0.1, 0.15) is 17.0 Å². The summed E-state index contributed by atoms with van der Waals surface area (Å²) in [5.74, 6) is 1.39. The normalized spacial score (nSPS) is 11.0. The van der Waals surface area contributed by atoms with Crippen molar-refractivity contribution in [2.24, 2.45) is 0 Å². The number of para-hydroxylation sites is 1. The van der Waals surface area contributed by atoms with Crippen LogP contribution >= 0.6 is 11.3 Å². The number of aromatic nitrogens is 1. The van der Waals surface area contributed by atoms with Gasteiger partial charge in [-0.15, -0.1) is 0 Å². The first-order chi connectivity index (χ1) is 14.0. The molecule has 4 aromatic rings. The molecule has 0 saturated carbocycles. The number of thiazole rings is 1. The van der Waals surface area contributed by atoms with Gasteiger partial charge in [-0.2, -0.15) is 0 Å². The number of methoxy groups -OCH3 is 1. The molecular weight excluding hydrogens is 384 g/mol. The molecule has 0 saturated heterocycles. The van der Waals surface area contributed by atoms with Gasteiger partial charge in [0.05, 0.1) is 31.0 Å². The van der Waals surface area contributed by atoms with Crippen LogP contribution in [0.3, 0.4) is 0 Å². The highest BCUT2D eigenvalue weighted by Crippen LogP contribution is 2.35. The molecule has 5 nitrogen and oxygen atoms in total. The standard InChI is InChI=1S/C23H22N2O3S/c1-15-9-10-17(16(2)12-15)13-21(26)25(14-18-6-5-11-28-18)23-24-22-19(27-3)7-4-8-20(22)29-23/h4-12H,13-14H2,1-3H3. The van der Waals surface area contributed by atoms with E-state index in [4.69, 9.17) is 14.1 Å². The summed E-state index contributed by atoms with van der Waals surface area (Å²) in [6.07, 6.45) is 1.92. The van der Waals surface area contributed by atoms with Gasteiger partial charge in [-0.1, -0.05) is 41.2 Å². The summed E-state index contributed by atoms with van der Waals surface area (Å²) < 4.78 is 11.9. The molecule has 2 aromatic carbocycles. The fourth-order valence-electron chi connectivity index (χ4n) is 3.32. The molecule has 0 spiro atoms. The van der Waals surface area contributed by atoms with E-state index in [0.717, 1.165) is 21.3 Å². The summed E-state index contributed by atoms with van der Waals surface area (Å²) in [6.45, 7) is 4.42. The Kier molecular flexibility index (Phi) is 5.36. The largest absolute Gasteiger partial charge is 0.494 e. The zero-order valence-corrected chi connectivity index (χ0v) is 17.5. The molecule has 4 rings (SSSR count). The highest BCUT2D eigenvalue weighted by atomic mass is 32.1. The number of hydrogen-bond donors (Lipinski definition) is 0. The summed E-state index contributed by atoms with van der Waals surface area (Å²) in [5.41, 5.74) is 4.08. The van der Waals surface area contributed by atoms with Gasteiger partial charge in [0.15, 0.2) is 5.13 Å². The predicted molar refractivity (Wildman–Crippen MR) is 116 cm³/mol. The van der Waals surface area contributed by atoms with E-state index in [1.165, 1.54) is 16.9 Å². The van der Waals surface area contributed by atoms with Crippen LogP contribution in [-0.4, -0.2) is 18.0 Å². The summed E-state index contributed by atoms with van der Waals surface area (Å²) in [5, 5.41) is 0.635. The molecule has 2 aromatic heterocycles. The van der Waals surface area contributed by atoms with Crippen molar-refractivity contribution in [2.45, 2.75) is 26.8 Å². The van der Waals surface area contributed by atoms with Crippen molar-refractivity contribution in [3.63, 3.8) is 0 Å². The van der Waals surface area contributed by atoms with Crippen LogP contribution in [0.15, 0.2) is 59.2 Å². The number of anilines is 1. The third-order valence-corrected chi connectivity index (χ3v) is 5.90. The number of carbonyl (C=O) groups excluding carboxylic acids is 1. The second kappa shape index (κ2) is 8.09. The van der Waals surface area contributed by atoms with Crippen molar-refractivity contribution in [3.8, 4) is 5.75 Å². The number of hydrogen-bond acceptors (Lipinski definition) is 5. The second-order valence-electron chi connectivity index (χ2n) is 6.97. The Labute approximate surface area is 173 Å². The SMILES string of the molecule is COc1cccc2sc(N(Cc3ccco3)C(=O)Cc3ccc(C)cc3C)nc12. The number of fused-ring (bicyclic) bond motifs is 1. The molecule has 0 unspecified atom stereocenters. The maximum atomic E-state index is 13.3. The first kappa shape index (κ1) is 19.2. The zero-order valence-electron chi connectivity index (χ0n) is 16.6. The van der Waals surface area contributed by atoms with Gasteiger partial charge in [-0.05, 0) is 49.2 Å². The molecule has 0 aliphatic rings. The highest BCUT2D eigenvalue weighted by molar-refractivity contribution is 7.22. The number of nitrogens with zero attached hydrogens (tertiary/aromatic N) is 2. The van der Waals surface area contributed by atoms with Gasteiger partial charge in [0, 0.05) is 0 Å². The lowest BCUT2D eigenvalue weighted by atomic mass is 10.0. The van der Waals surface area contributed by atoms with Crippen LogP contribution in [0.4, 0.5) is 5.13 Å². The van der Waals surface area contributed by atoms with Gasteiger partial charge < -0.3 is 9.15 Å². The number of ether oxygens (including phenoxy) is 1.